The van der Waals surface area contributed by atoms with Gasteiger partial charge in [0.25, 0.3) is 0 Å². The van der Waals surface area contributed by atoms with E-state index in [-0.39, 0.29) is 35.6 Å². The fourth-order valence-electron chi connectivity index (χ4n) is 6.92. The molecule has 2 fully saturated rings. The molecule has 0 aliphatic carbocycles. The van der Waals surface area contributed by atoms with Crippen molar-refractivity contribution in [1.29, 1.82) is 0 Å². The van der Waals surface area contributed by atoms with E-state index in [4.69, 9.17) is 9.47 Å². The Morgan fingerprint density at radius 1 is 1.05 bits per heavy atom. The van der Waals surface area contributed by atoms with Crippen molar-refractivity contribution in [3.05, 3.63) is 29.1 Å². The Kier molecular flexibility index (Phi) is 9.58. The number of nitrogens with zero attached hydrogens (tertiary/aromatic N) is 6. The number of likely N-dealkylation sites (tertiary alicyclic amines) is 1. The number of rotatable bonds is 5. The average molecular weight is 582 g/mol. The molecule has 2 saturated heterocycles. The molecule has 3 amide bonds. The van der Waals surface area contributed by atoms with Gasteiger partial charge in [-0.3, -0.25) is 14.4 Å². The van der Waals surface area contributed by atoms with Crippen LogP contribution in [0.3, 0.4) is 0 Å². The minimum atomic E-state index is 0.00720. The smallest absolute Gasteiger partial charge is 0.224 e. The van der Waals surface area contributed by atoms with Crippen LogP contribution in [0, 0.1) is 18.8 Å². The SMILES string of the molecule is COc1cc2cc(c1OC)CCCNC(=O)CCC[C@H]1[C@H]3C[C@@H](CN(C(=O)CCn4nnnc4C)C3)CN1C(=O)CC2. The molecule has 5 rings (SSSR count). The Morgan fingerprint density at radius 2 is 1.90 bits per heavy atom. The van der Waals surface area contributed by atoms with Gasteiger partial charge in [0, 0.05) is 51.5 Å². The number of methoxy groups -OCH3 is 2. The number of benzene rings is 1. The summed E-state index contributed by atoms with van der Waals surface area (Å²) < 4.78 is 12.9. The van der Waals surface area contributed by atoms with E-state index in [2.05, 4.69) is 31.8 Å². The number of piperidine rings is 2. The normalized spacial score (nSPS) is 23.6. The van der Waals surface area contributed by atoms with Gasteiger partial charge >= 0.3 is 0 Å². The van der Waals surface area contributed by atoms with E-state index in [1.54, 1.807) is 18.9 Å². The van der Waals surface area contributed by atoms with Gasteiger partial charge in [-0.2, -0.15) is 0 Å². The van der Waals surface area contributed by atoms with Gasteiger partial charge in [0.1, 0.15) is 5.82 Å². The van der Waals surface area contributed by atoms with E-state index in [0.29, 0.717) is 82.2 Å². The highest BCUT2D eigenvalue weighted by atomic mass is 16.5. The number of nitrogens with one attached hydrogen (secondary N) is 1. The maximum atomic E-state index is 13.8. The number of tetrazole rings is 1. The summed E-state index contributed by atoms with van der Waals surface area (Å²) in [5.74, 6) is 2.74. The quantitative estimate of drug-likeness (QED) is 0.567. The van der Waals surface area contributed by atoms with E-state index in [9.17, 15) is 14.4 Å². The number of carbonyl (C=O) groups excluding carboxylic acids is 3. The lowest BCUT2D eigenvalue weighted by Gasteiger charge is -2.51. The van der Waals surface area contributed by atoms with Crippen LogP contribution in [0.15, 0.2) is 12.1 Å². The minimum Gasteiger partial charge on any atom is -0.493 e. The lowest BCUT2D eigenvalue weighted by Crippen LogP contribution is -2.60. The zero-order chi connectivity index (χ0) is 29.6. The van der Waals surface area contributed by atoms with E-state index in [1.807, 2.05) is 17.9 Å². The molecule has 4 heterocycles. The van der Waals surface area contributed by atoms with E-state index >= 15 is 0 Å². The number of aryl methyl sites for hydroxylation is 4. The Balaban J connectivity index is 1.31. The van der Waals surface area contributed by atoms with Crippen molar-refractivity contribution in [2.45, 2.75) is 77.3 Å². The van der Waals surface area contributed by atoms with Gasteiger partial charge in [0.2, 0.25) is 17.7 Å². The molecule has 0 saturated carbocycles. The number of hydrogen-bond donors (Lipinski definition) is 1. The Bertz CT molecular complexity index is 1280. The Labute approximate surface area is 247 Å². The highest BCUT2D eigenvalue weighted by molar-refractivity contribution is 5.78. The molecule has 42 heavy (non-hydrogen) atoms. The Morgan fingerprint density at radius 3 is 2.67 bits per heavy atom. The van der Waals surface area contributed by atoms with Crippen molar-refractivity contribution >= 4 is 17.7 Å². The van der Waals surface area contributed by atoms with Crippen molar-refractivity contribution < 1.29 is 23.9 Å². The Hall–Kier alpha value is -3.70. The molecule has 1 aromatic carbocycles. The second-order valence-electron chi connectivity index (χ2n) is 11.8. The molecular formula is C30H43N7O5. The summed E-state index contributed by atoms with van der Waals surface area (Å²) in [4.78, 5) is 43.7. The van der Waals surface area contributed by atoms with Gasteiger partial charge in [-0.05, 0) is 84.9 Å². The van der Waals surface area contributed by atoms with Gasteiger partial charge in [0.05, 0.1) is 20.8 Å². The fourth-order valence-corrected chi connectivity index (χ4v) is 6.92. The lowest BCUT2D eigenvalue weighted by atomic mass is 9.77. The summed E-state index contributed by atoms with van der Waals surface area (Å²) in [6, 6.07) is 4.07. The van der Waals surface area contributed by atoms with Gasteiger partial charge in [0.15, 0.2) is 11.5 Å². The van der Waals surface area contributed by atoms with Crippen molar-refractivity contribution in [3.63, 3.8) is 0 Å². The molecule has 0 spiro atoms. The van der Waals surface area contributed by atoms with Gasteiger partial charge in [-0.25, -0.2) is 4.68 Å². The summed E-state index contributed by atoms with van der Waals surface area (Å²) in [7, 11) is 3.26. The highest BCUT2D eigenvalue weighted by Gasteiger charge is 2.43. The van der Waals surface area contributed by atoms with Crippen LogP contribution < -0.4 is 14.8 Å². The van der Waals surface area contributed by atoms with Crippen molar-refractivity contribution in [2.24, 2.45) is 11.8 Å². The van der Waals surface area contributed by atoms with Crippen LogP contribution in [-0.4, -0.2) is 94.2 Å². The van der Waals surface area contributed by atoms with E-state index in [1.165, 1.54) is 0 Å². The molecule has 3 aliphatic heterocycles. The molecular weight excluding hydrogens is 538 g/mol. The monoisotopic (exact) mass is 581 g/mol. The fraction of sp³-hybridized carbons (Fsp3) is 0.667. The third-order valence-corrected chi connectivity index (χ3v) is 8.98. The summed E-state index contributed by atoms with van der Waals surface area (Å²) in [6.45, 7) is 4.78. The number of aromatic nitrogens is 4. The standard InChI is InChI=1S/C30H43N7O5/c1-20-32-33-34-37(20)13-11-28(39)35-17-22-15-24(19-35)25-7-4-8-27(38)31-12-5-6-23-14-21(9-10-29(40)36(25)18-22)16-26(41-2)30(23)42-3/h14,16,22,24-25H,4-13,15,17-19H2,1-3H3,(H,31,38)/t22-,24-,25-/m0/s1. The number of fused-ring (bicyclic) bond motifs is 6. The first-order valence-electron chi connectivity index (χ1n) is 15.2. The first-order chi connectivity index (χ1) is 20.4. The molecule has 228 valence electrons. The van der Waals surface area contributed by atoms with Crippen LogP contribution in [0.1, 0.15) is 61.9 Å². The van der Waals surface area contributed by atoms with Crippen LogP contribution in [0.2, 0.25) is 0 Å². The summed E-state index contributed by atoms with van der Waals surface area (Å²) in [5.41, 5.74) is 2.06. The number of carbonyl (C=O) groups is 3. The minimum absolute atomic E-state index is 0.00720. The van der Waals surface area contributed by atoms with Crippen LogP contribution in [0.4, 0.5) is 0 Å². The van der Waals surface area contributed by atoms with Crippen LogP contribution in [0.25, 0.3) is 0 Å². The lowest BCUT2D eigenvalue weighted by molar-refractivity contribution is -0.145. The zero-order valence-electron chi connectivity index (χ0n) is 25.0. The third-order valence-electron chi connectivity index (χ3n) is 8.98. The highest BCUT2D eigenvalue weighted by Crippen LogP contribution is 2.37. The molecule has 1 N–H and O–H groups in total. The molecule has 4 bridgehead atoms. The molecule has 1 aromatic heterocycles. The zero-order valence-corrected chi connectivity index (χ0v) is 25.0. The van der Waals surface area contributed by atoms with E-state index in [0.717, 1.165) is 36.8 Å². The van der Waals surface area contributed by atoms with Crippen LogP contribution >= 0.6 is 0 Å². The van der Waals surface area contributed by atoms with E-state index < -0.39 is 0 Å². The summed E-state index contributed by atoms with van der Waals surface area (Å²) >= 11 is 0. The summed E-state index contributed by atoms with van der Waals surface area (Å²) in [5, 5.41) is 14.6. The first kappa shape index (κ1) is 29.8. The molecule has 12 nitrogen and oxygen atoms in total. The molecule has 3 atom stereocenters. The maximum absolute atomic E-state index is 13.8. The predicted molar refractivity (Wildman–Crippen MR) is 154 cm³/mol. The van der Waals surface area contributed by atoms with Crippen molar-refractivity contribution in [2.75, 3.05) is 40.4 Å². The average Bonchev–Trinajstić information content (AvgIpc) is 3.41. The number of ether oxygens (including phenoxy) is 2. The number of amides is 3. The van der Waals surface area contributed by atoms with Gasteiger partial charge < -0.3 is 24.6 Å². The molecule has 3 aliphatic rings. The molecule has 12 heteroatoms. The van der Waals surface area contributed by atoms with Crippen molar-refractivity contribution in [3.8, 4) is 11.5 Å². The second kappa shape index (κ2) is 13.5. The second-order valence-corrected chi connectivity index (χ2v) is 11.8. The largest absolute Gasteiger partial charge is 0.493 e. The van der Waals surface area contributed by atoms with Gasteiger partial charge in [-0.15, -0.1) is 5.10 Å². The topological polar surface area (TPSA) is 132 Å². The maximum Gasteiger partial charge on any atom is 0.224 e. The van der Waals surface area contributed by atoms with Crippen LogP contribution in [-0.2, 0) is 33.8 Å². The van der Waals surface area contributed by atoms with Crippen molar-refractivity contribution in [1.82, 2.24) is 35.3 Å². The molecule has 0 radical (unpaired) electrons. The molecule has 0 unspecified atom stereocenters. The predicted octanol–water partition coefficient (Wildman–Crippen LogP) is 1.93. The summed E-state index contributed by atoms with van der Waals surface area (Å²) in [6.07, 6.45) is 5.76. The van der Waals surface area contributed by atoms with Gasteiger partial charge in [-0.1, -0.05) is 6.07 Å². The van der Waals surface area contributed by atoms with Crippen LogP contribution in [0.5, 0.6) is 11.5 Å². The third kappa shape index (κ3) is 6.84. The first-order valence-corrected chi connectivity index (χ1v) is 15.2. The molecule has 2 aromatic rings. The number of hydrogen-bond acceptors (Lipinski definition) is 8.